The predicted octanol–water partition coefficient (Wildman–Crippen LogP) is 0.119. The van der Waals surface area contributed by atoms with Crippen LogP contribution in [0.2, 0.25) is 0 Å². The highest BCUT2D eigenvalue weighted by molar-refractivity contribution is 6.01. The first-order valence-corrected chi connectivity index (χ1v) is 6.53. The summed E-state index contributed by atoms with van der Waals surface area (Å²) in [4.78, 5) is 25.4. The van der Waals surface area contributed by atoms with Crippen molar-refractivity contribution in [1.29, 1.82) is 5.26 Å². The third-order valence-electron chi connectivity index (χ3n) is 3.63. The minimum Gasteiger partial charge on any atom is -0.326 e. The van der Waals surface area contributed by atoms with Crippen LogP contribution < -0.4 is 10.6 Å². The molecule has 102 valence electrons. The minimum absolute atomic E-state index is 0.0540. The summed E-state index contributed by atoms with van der Waals surface area (Å²) in [5.74, 6) is -0.207. The lowest BCUT2D eigenvalue weighted by atomic mass is 10.1. The second-order valence-corrected chi connectivity index (χ2v) is 4.94. The van der Waals surface area contributed by atoms with Crippen LogP contribution in [0.3, 0.4) is 0 Å². The van der Waals surface area contributed by atoms with Crippen molar-refractivity contribution in [3.8, 4) is 6.07 Å². The largest absolute Gasteiger partial charge is 0.326 e. The number of rotatable bonds is 1. The Hall–Kier alpha value is -2.39. The molecule has 1 fully saturated rings. The molecule has 0 aromatic heterocycles. The van der Waals surface area contributed by atoms with Crippen molar-refractivity contribution in [3.63, 3.8) is 0 Å². The van der Waals surface area contributed by atoms with E-state index in [4.69, 9.17) is 5.26 Å². The van der Waals surface area contributed by atoms with Crippen molar-refractivity contribution in [2.75, 3.05) is 25.0 Å². The number of hydrogen-bond donors (Lipinski definition) is 2. The maximum absolute atomic E-state index is 12.5. The molecule has 2 N–H and O–H groups in total. The van der Waals surface area contributed by atoms with Gasteiger partial charge in [-0.1, -0.05) is 0 Å². The summed E-state index contributed by atoms with van der Waals surface area (Å²) >= 11 is 0. The molecule has 2 heterocycles. The lowest BCUT2D eigenvalue weighted by molar-refractivity contribution is -0.115. The normalized spacial score (nSPS) is 21.1. The molecule has 1 aromatic rings. The molecule has 6 nitrogen and oxygen atoms in total. The summed E-state index contributed by atoms with van der Waals surface area (Å²) in [5.41, 5.74) is 2.13. The second kappa shape index (κ2) is 4.94. The monoisotopic (exact) mass is 270 g/mol. The van der Waals surface area contributed by atoms with E-state index < -0.39 is 6.04 Å². The van der Waals surface area contributed by atoms with Gasteiger partial charge >= 0.3 is 0 Å². The van der Waals surface area contributed by atoms with E-state index in [9.17, 15) is 9.59 Å². The standard InChI is InChI=1S/C14H14N4O2/c15-7-11-8-16-3-4-18(11)14(20)9-1-2-12-10(5-9)6-13(19)17-12/h1-2,5,11,16H,3-4,6,8H2,(H,17,19). The number of piperazine rings is 1. The van der Waals surface area contributed by atoms with Gasteiger partial charge in [0.05, 0.1) is 12.5 Å². The molecule has 6 heteroatoms. The van der Waals surface area contributed by atoms with Gasteiger partial charge in [-0.2, -0.15) is 5.26 Å². The van der Waals surface area contributed by atoms with E-state index in [1.165, 1.54) is 0 Å². The summed E-state index contributed by atoms with van der Waals surface area (Å²) in [6, 6.07) is 6.89. The summed E-state index contributed by atoms with van der Waals surface area (Å²) in [5, 5.41) is 14.9. The molecule has 1 unspecified atom stereocenters. The summed E-state index contributed by atoms with van der Waals surface area (Å²) in [7, 11) is 0. The molecule has 2 aliphatic heterocycles. The molecule has 1 aromatic carbocycles. The number of nitrogens with one attached hydrogen (secondary N) is 2. The maximum Gasteiger partial charge on any atom is 0.255 e. The molecule has 1 atom stereocenters. The Morgan fingerprint density at radius 2 is 2.30 bits per heavy atom. The van der Waals surface area contributed by atoms with Gasteiger partial charge in [-0.05, 0) is 23.8 Å². The molecule has 0 radical (unpaired) electrons. The van der Waals surface area contributed by atoms with Gasteiger partial charge in [-0.15, -0.1) is 0 Å². The van der Waals surface area contributed by atoms with Crippen molar-refractivity contribution in [1.82, 2.24) is 10.2 Å². The zero-order chi connectivity index (χ0) is 14.1. The van der Waals surface area contributed by atoms with Crippen molar-refractivity contribution >= 4 is 17.5 Å². The molecule has 20 heavy (non-hydrogen) atoms. The van der Waals surface area contributed by atoms with Crippen molar-refractivity contribution in [3.05, 3.63) is 29.3 Å². The summed E-state index contributed by atoms with van der Waals surface area (Å²) < 4.78 is 0. The van der Waals surface area contributed by atoms with Gasteiger partial charge in [0.1, 0.15) is 6.04 Å². The highest BCUT2D eigenvalue weighted by Gasteiger charge is 2.28. The zero-order valence-electron chi connectivity index (χ0n) is 10.8. The van der Waals surface area contributed by atoms with Crippen LogP contribution in [-0.2, 0) is 11.2 Å². The van der Waals surface area contributed by atoms with Gasteiger partial charge < -0.3 is 15.5 Å². The van der Waals surface area contributed by atoms with Crippen molar-refractivity contribution in [2.45, 2.75) is 12.5 Å². The minimum atomic E-state index is -0.440. The number of carbonyl (C=O) groups is 2. The fraction of sp³-hybridized carbons (Fsp3) is 0.357. The zero-order valence-corrected chi connectivity index (χ0v) is 10.8. The van der Waals surface area contributed by atoms with Gasteiger partial charge in [0.2, 0.25) is 5.91 Å². The lowest BCUT2D eigenvalue weighted by Gasteiger charge is -2.32. The lowest BCUT2D eigenvalue weighted by Crippen LogP contribution is -2.53. The number of amides is 2. The highest BCUT2D eigenvalue weighted by Crippen LogP contribution is 2.24. The highest BCUT2D eigenvalue weighted by atomic mass is 16.2. The molecule has 0 aliphatic carbocycles. The average molecular weight is 270 g/mol. The third-order valence-corrected chi connectivity index (χ3v) is 3.63. The van der Waals surface area contributed by atoms with Crippen LogP contribution in [0.25, 0.3) is 0 Å². The maximum atomic E-state index is 12.5. The molecule has 0 bridgehead atoms. The van der Waals surface area contributed by atoms with Crippen LogP contribution in [-0.4, -0.2) is 42.4 Å². The molecule has 0 saturated carbocycles. The van der Waals surface area contributed by atoms with Crippen molar-refractivity contribution in [2.24, 2.45) is 0 Å². The number of benzene rings is 1. The van der Waals surface area contributed by atoms with Gasteiger partial charge in [-0.3, -0.25) is 9.59 Å². The predicted molar refractivity (Wildman–Crippen MR) is 72.1 cm³/mol. The molecule has 1 saturated heterocycles. The molecule has 2 aliphatic rings. The molecular weight excluding hydrogens is 256 g/mol. The topological polar surface area (TPSA) is 85.2 Å². The van der Waals surface area contributed by atoms with Gasteiger partial charge in [-0.25, -0.2) is 0 Å². The molecule has 2 amide bonds. The van der Waals surface area contributed by atoms with E-state index in [-0.39, 0.29) is 11.8 Å². The molecule has 3 rings (SSSR count). The fourth-order valence-corrected chi connectivity index (χ4v) is 2.59. The first-order valence-electron chi connectivity index (χ1n) is 6.53. The molecular formula is C14H14N4O2. The Labute approximate surface area is 116 Å². The van der Waals surface area contributed by atoms with Gasteiger partial charge in [0.15, 0.2) is 0 Å². The second-order valence-electron chi connectivity index (χ2n) is 4.94. The fourth-order valence-electron chi connectivity index (χ4n) is 2.59. The summed E-state index contributed by atoms with van der Waals surface area (Å²) in [6.07, 6.45) is 0.305. The van der Waals surface area contributed by atoms with Gasteiger partial charge in [0, 0.05) is 30.9 Å². The Morgan fingerprint density at radius 1 is 1.45 bits per heavy atom. The number of nitriles is 1. The number of anilines is 1. The van der Waals surface area contributed by atoms with E-state index in [0.717, 1.165) is 11.3 Å². The first-order chi connectivity index (χ1) is 9.69. The van der Waals surface area contributed by atoms with Gasteiger partial charge in [0.25, 0.3) is 5.91 Å². The number of hydrogen-bond acceptors (Lipinski definition) is 4. The Bertz CT molecular complexity index is 620. The summed E-state index contributed by atoms with van der Waals surface area (Å²) in [6.45, 7) is 1.70. The van der Waals surface area contributed by atoms with Crippen LogP contribution in [0.1, 0.15) is 15.9 Å². The number of nitrogens with zero attached hydrogens (tertiary/aromatic N) is 2. The van der Waals surface area contributed by atoms with Crippen LogP contribution in [0.5, 0.6) is 0 Å². The van der Waals surface area contributed by atoms with E-state index in [2.05, 4.69) is 16.7 Å². The Morgan fingerprint density at radius 3 is 3.10 bits per heavy atom. The Kier molecular flexibility index (Phi) is 3.12. The number of carbonyl (C=O) groups excluding carboxylic acids is 2. The Balaban J connectivity index is 1.86. The number of fused-ring (bicyclic) bond motifs is 1. The van der Waals surface area contributed by atoms with Crippen LogP contribution in [0, 0.1) is 11.3 Å². The van der Waals surface area contributed by atoms with Crippen LogP contribution in [0.15, 0.2) is 18.2 Å². The van der Waals surface area contributed by atoms with E-state index in [1.807, 2.05) is 0 Å². The first kappa shape index (κ1) is 12.6. The van der Waals surface area contributed by atoms with E-state index in [0.29, 0.717) is 31.6 Å². The SMILES string of the molecule is N#CC1CNCCN1C(=O)c1ccc2c(c1)CC(=O)N2. The third kappa shape index (κ3) is 2.12. The van der Waals surface area contributed by atoms with E-state index >= 15 is 0 Å². The quantitative estimate of drug-likeness (QED) is 0.759. The van der Waals surface area contributed by atoms with Crippen LogP contribution >= 0.6 is 0 Å². The van der Waals surface area contributed by atoms with E-state index in [1.54, 1.807) is 23.1 Å². The smallest absolute Gasteiger partial charge is 0.255 e. The molecule has 0 spiro atoms. The average Bonchev–Trinajstić information content (AvgIpc) is 2.85. The van der Waals surface area contributed by atoms with Crippen LogP contribution in [0.4, 0.5) is 5.69 Å². The van der Waals surface area contributed by atoms with Crippen molar-refractivity contribution < 1.29 is 9.59 Å².